The second-order valence-electron chi connectivity index (χ2n) is 5.51. The van der Waals surface area contributed by atoms with Crippen LogP contribution < -0.4 is 4.90 Å². The normalized spacial score (nSPS) is 19.1. The Morgan fingerprint density at radius 3 is 3.00 bits per heavy atom. The van der Waals surface area contributed by atoms with Gasteiger partial charge in [0.05, 0.1) is 0 Å². The Morgan fingerprint density at radius 1 is 1.48 bits per heavy atom. The largest absolute Gasteiger partial charge is 0.478 e. The van der Waals surface area contributed by atoms with Crippen molar-refractivity contribution in [2.75, 3.05) is 11.4 Å². The van der Waals surface area contributed by atoms with Gasteiger partial charge in [0.25, 0.3) is 0 Å². The van der Waals surface area contributed by atoms with E-state index in [0.29, 0.717) is 11.1 Å². The number of piperidine rings is 1. The fourth-order valence-corrected chi connectivity index (χ4v) is 3.21. The van der Waals surface area contributed by atoms with Crippen LogP contribution in [0, 0.1) is 0 Å². The number of carbonyl (C=O) groups is 1. The lowest BCUT2D eigenvalue weighted by molar-refractivity contribution is -0.131. The van der Waals surface area contributed by atoms with E-state index in [1.54, 1.807) is 6.08 Å². The fourth-order valence-electron chi connectivity index (χ4n) is 3.03. The highest BCUT2D eigenvalue weighted by Crippen LogP contribution is 2.32. The number of halogens is 1. The molecule has 1 saturated heterocycles. The van der Waals surface area contributed by atoms with Gasteiger partial charge >= 0.3 is 5.97 Å². The average molecular weight is 308 g/mol. The molecule has 0 amide bonds. The summed E-state index contributed by atoms with van der Waals surface area (Å²) < 4.78 is 0. The maximum absolute atomic E-state index is 10.8. The van der Waals surface area contributed by atoms with Crippen molar-refractivity contribution in [1.82, 2.24) is 0 Å². The second-order valence-corrected chi connectivity index (χ2v) is 5.94. The van der Waals surface area contributed by atoms with Crippen LogP contribution in [0.5, 0.6) is 0 Å². The first-order chi connectivity index (χ1) is 10.1. The Bertz CT molecular complexity index is 526. The third-order valence-electron chi connectivity index (χ3n) is 3.95. The van der Waals surface area contributed by atoms with Crippen LogP contribution in [0.2, 0.25) is 5.02 Å². The summed E-state index contributed by atoms with van der Waals surface area (Å²) in [6.07, 6.45) is 8.81. The van der Waals surface area contributed by atoms with Gasteiger partial charge in [0.2, 0.25) is 0 Å². The first-order valence-electron chi connectivity index (χ1n) is 7.59. The number of carboxylic acids is 1. The van der Waals surface area contributed by atoms with Crippen molar-refractivity contribution in [3.05, 3.63) is 34.9 Å². The van der Waals surface area contributed by atoms with Crippen molar-refractivity contribution in [2.24, 2.45) is 0 Å². The van der Waals surface area contributed by atoms with E-state index in [9.17, 15) is 4.79 Å². The summed E-state index contributed by atoms with van der Waals surface area (Å²) in [4.78, 5) is 13.2. The second kappa shape index (κ2) is 7.51. The number of carboxylic acid groups (broad SMARTS) is 1. The molecule has 1 aliphatic rings. The van der Waals surface area contributed by atoms with Gasteiger partial charge in [-0.2, -0.15) is 0 Å². The van der Waals surface area contributed by atoms with Gasteiger partial charge in [-0.25, -0.2) is 4.79 Å². The number of anilines is 1. The smallest absolute Gasteiger partial charge is 0.328 e. The van der Waals surface area contributed by atoms with Crippen molar-refractivity contribution in [1.29, 1.82) is 0 Å². The number of nitrogens with zero attached hydrogens (tertiary/aromatic N) is 1. The van der Waals surface area contributed by atoms with Gasteiger partial charge in [-0.15, -0.1) is 0 Å². The van der Waals surface area contributed by atoms with Gasteiger partial charge in [0.15, 0.2) is 0 Å². The third-order valence-corrected chi connectivity index (χ3v) is 4.19. The van der Waals surface area contributed by atoms with Crippen molar-refractivity contribution in [3.63, 3.8) is 0 Å². The topological polar surface area (TPSA) is 40.5 Å². The molecule has 1 aromatic carbocycles. The van der Waals surface area contributed by atoms with Crippen LogP contribution in [0.25, 0.3) is 6.08 Å². The van der Waals surface area contributed by atoms with E-state index in [1.807, 2.05) is 18.2 Å². The summed E-state index contributed by atoms with van der Waals surface area (Å²) in [5.41, 5.74) is 1.97. The Kier molecular flexibility index (Phi) is 5.68. The summed E-state index contributed by atoms with van der Waals surface area (Å²) in [5, 5.41) is 9.48. The van der Waals surface area contributed by atoms with Gasteiger partial charge in [-0.3, -0.25) is 0 Å². The average Bonchev–Trinajstić information content (AvgIpc) is 2.46. The molecule has 0 radical (unpaired) electrons. The van der Waals surface area contributed by atoms with Crippen molar-refractivity contribution in [3.8, 4) is 0 Å². The molecule has 1 aliphatic heterocycles. The van der Waals surface area contributed by atoms with Crippen molar-refractivity contribution < 1.29 is 9.90 Å². The molecular weight excluding hydrogens is 286 g/mol. The molecule has 1 aromatic rings. The molecule has 2 rings (SSSR count). The van der Waals surface area contributed by atoms with Crippen LogP contribution in [-0.4, -0.2) is 23.7 Å². The number of hydrogen-bond acceptors (Lipinski definition) is 2. The highest BCUT2D eigenvalue weighted by atomic mass is 35.5. The first kappa shape index (κ1) is 15.9. The van der Waals surface area contributed by atoms with E-state index >= 15 is 0 Å². The summed E-state index contributed by atoms with van der Waals surface area (Å²) in [6.45, 7) is 3.24. The molecule has 4 heteroatoms. The minimum absolute atomic E-state index is 0.543. The van der Waals surface area contributed by atoms with Gasteiger partial charge in [0.1, 0.15) is 0 Å². The van der Waals surface area contributed by atoms with Crippen LogP contribution in [0.3, 0.4) is 0 Å². The predicted molar refractivity (Wildman–Crippen MR) is 88.0 cm³/mol. The Labute approximate surface area is 131 Å². The fraction of sp³-hybridized carbons (Fsp3) is 0.471. The molecule has 0 saturated carbocycles. The quantitative estimate of drug-likeness (QED) is 0.808. The van der Waals surface area contributed by atoms with Crippen molar-refractivity contribution >= 4 is 29.3 Å². The Balaban J connectivity index is 2.34. The molecule has 0 bridgehead atoms. The molecule has 0 spiro atoms. The van der Waals surface area contributed by atoms with E-state index in [-0.39, 0.29) is 0 Å². The molecular formula is C17H22ClNO2. The van der Waals surface area contributed by atoms with Gasteiger partial charge in [0, 0.05) is 29.4 Å². The highest BCUT2D eigenvalue weighted by Gasteiger charge is 2.23. The van der Waals surface area contributed by atoms with E-state index < -0.39 is 5.97 Å². The zero-order valence-electron chi connectivity index (χ0n) is 12.4. The molecule has 21 heavy (non-hydrogen) atoms. The minimum Gasteiger partial charge on any atom is -0.478 e. The first-order valence-corrected chi connectivity index (χ1v) is 7.97. The number of hydrogen-bond donors (Lipinski definition) is 1. The Morgan fingerprint density at radius 2 is 2.29 bits per heavy atom. The molecule has 1 heterocycles. The number of benzene rings is 1. The van der Waals surface area contributed by atoms with E-state index in [4.69, 9.17) is 16.7 Å². The van der Waals surface area contributed by atoms with Gasteiger partial charge in [-0.1, -0.05) is 24.9 Å². The van der Waals surface area contributed by atoms with Crippen LogP contribution in [0.4, 0.5) is 5.69 Å². The van der Waals surface area contributed by atoms with E-state index in [0.717, 1.165) is 24.2 Å². The van der Waals surface area contributed by atoms with Gasteiger partial charge < -0.3 is 10.0 Å². The third kappa shape index (κ3) is 4.24. The molecule has 0 aliphatic carbocycles. The SMILES string of the molecule is CCCC1CCCCN1c1ccc(Cl)cc1/C=C/C(=O)O. The molecule has 1 N–H and O–H groups in total. The predicted octanol–water partition coefficient (Wildman–Crippen LogP) is 4.60. The van der Waals surface area contributed by atoms with E-state index in [2.05, 4.69) is 11.8 Å². The zero-order chi connectivity index (χ0) is 15.2. The maximum Gasteiger partial charge on any atom is 0.328 e. The van der Waals surface area contributed by atoms with Crippen molar-refractivity contribution in [2.45, 2.75) is 45.1 Å². The molecule has 1 atom stereocenters. The van der Waals surface area contributed by atoms with Crippen LogP contribution in [0.15, 0.2) is 24.3 Å². The number of rotatable bonds is 5. The van der Waals surface area contributed by atoms with Gasteiger partial charge in [-0.05, 0) is 55.5 Å². The lowest BCUT2D eigenvalue weighted by Crippen LogP contribution is -2.39. The molecule has 114 valence electrons. The monoisotopic (exact) mass is 307 g/mol. The van der Waals surface area contributed by atoms with Crippen LogP contribution in [-0.2, 0) is 4.79 Å². The summed E-state index contributed by atoms with van der Waals surface area (Å²) in [7, 11) is 0. The summed E-state index contributed by atoms with van der Waals surface area (Å²) in [6, 6.07) is 6.28. The molecule has 3 nitrogen and oxygen atoms in total. The van der Waals surface area contributed by atoms with Crippen LogP contribution >= 0.6 is 11.6 Å². The lowest BCUT2D eigenvalue weighted by Gasteiger charge is -2.38. The zero-order valence-corrected chi connectivity index (χ0v) is 13.1. The standard InChI is InChI=1S/C17H22ClNO2/c1-2-5-15-6-3-4-11-19(15)16-9-8-14(18)12-13(16)7-10-17(20)21/h7-10,12,15H,2-6,11H2,1H3,(H,20,21)/b10-7+. The van der Waals surface area contributed by atoms with E-state index in [1.165, 1.54) is 31.8 Å². The minimum atomic E-state index is -0.940. The molecule has 0 aromatic heterocycles. The molecule has 1 unspecified atom stereocenters. The molecule has 1 fully saturated rings. The summed E-state index contributed by atoms with van der Waals surface area (Å²) in [5.74, 6) is -0.940. The highest BCUT2D eigenvalue weighted by molar-refractivity contribution is 6.30. The Hall–Kier alpha value is -1.48. The number of aliphatic carboxylic acids is 1. The summed E-state index contributed by atoms with van der Waals surface area (Å²) >= 11 is 6.07. The van der Waals surface area contributed by atoms with Crippen LogP contribution in [0.1, 0.15) is 44.6 Å². The maximum atomic E-state index is 10.8. The lowest BCUT2D eigenvalue weighted by atomic mass is 9.96.